The maximum absolute atomic E-state index is 13.2. The number of rotatable bonds is 8. The highest BCUT2D eigenvalue weighted by Crippen LogP contribution is 2.37. The smallest absolute Gasteiger partial charge is 0.163 e. The Balaban J connectivity index is 1.82. The number of carbonyl (C=O) groups is 1. The van der Waals surface area contributed by atoms with Gasteiger partial charge in [-0.3, -0.25) is 4.79 Å². The minimum absolute atomic E-state index is 0.0342. The van der Waals surface area contributed by atoms with Crippen molar-refractivity contribution >= 4 is 16.7 Å². The van der Waals surface area contributed by atoms with Crippen molar-refractivity contribution in [3.05, 3.63) is 107 Å². The van der Waals surface area contributed by atoms with Gasteiger partial charge in [0.15, 0.2) is 5.78 Å². The summed E-state index contributed by atoms with van der Waals surface area (Å²) in [6.45, 7) is 2.22. The zero-order valence-electron chi connectivity index (χ0n) is 16.9. The van der Waals surface area contributed by atoms with Crippen LogP contribution >= 0.6 is 0 Å². The highest BCUT2D eigenvalue weighted by molar-refractivity contribution is 5.97. The molecule has 146 valence electrons. The van der Waals surface area contributed by atoms with Gasteiger partial charge in [-0.15, -0.1) is 0 Å². The number of benzene rings is 3. The summed E-state index contributed by atoms with van der Waals surface area (Å²) in [5.41, 5.74) is 5.68. The highest BCUT2D eigenvalue weighted by atomic mass is 16.1. The Kier molecular flexibility index (Phi) is 5.90. The van der Waals surface area contributed by atoms with Gasteiger partial charge in [0.2, 0.25) is 0 Å². The topological polar surface area (TPSA) is 32.9 Å². The first-order valence-electron chi connectivity index (χ1n) is 10.5. The van der Waals surface area contributed by atoms with E-state index in [4.69, 9.17) is 0 Å². The molecule has 0 aliphatic carbocycles. The lowest BCUT2D eigenvalue weighted by atomic mass is 9.83. The molecule has 0 aliphatic rings. The van der Waals surface area contributed by atoms with Gasteiger partial charge in [-0.05, 0) is 30.0 Å². The summed E-state index contributed by atoms with van der Waals surface area (Å²) >= 11 is 0. The monoisotopic (exact) mass is 381 g/mol. The van der Waals surface area contributed by atoms with Crippen LogP contribution in [0.2, 0.25) is 0 Å². The van der Waals surface area contributed by atoms with Crippen LogP contribution in [0, 0.1) is 0 Å². The van der Waals surface area contributed by atoms with Gasteiger partial charge in [-0.1, -0.05) is 92.2 Å². The molecular formula is C27H27NO. The molecule has 1 atom stereocenters. The van der Waals surface area contributed by atoms with Gasteiger partial charge < -0.3 is 4.98 Å². The predicted molar refractivity (Wildman–Crippen MR) is 121 cm³/mol. The number of aromatic nitrogens is 1. The SMILES string of the molecule is CCCCc1[nH]c2ccccc2c1C(CC(=O)c1ccccc1)c1ccccc1. The van der Waals surface area contributed by atoms with Crippen LogP contribution in [0.5, 0.6) is 0 Å². The molecule has 0 radical (unpaired) electrons. The van der Waals surface area contributed by atoms with Crippen LogP contribution in [0.1, 0.15) is 59.3 Å². The molecule has 0 bridgehead atoms. The fraction of sp³-hybridized carbons (Fsp3) is 0.222. The lowest BCUT2D eigenvalue weighted by Crippen LogP contribution is -2.11. The van der Waals surface area contributed by atoms with E-state index in [2.05, 4.69) is 60.4 Å². The fourth-order valence-electron chi connectivity index (χ4n) is 4.17. The summed E-state index contributed by atoms with van der Waals surface area (Å²) in [7, 11) is 0. The molecule has 1 unspecified atom stereocenters. The molecule has 0 fully saturated rings. The van der Waals surface area contributed by atoms with Crippen molar-refractivity contribution in [3.8, 4) is 0 Å². The first kappa shape index (κ1) is 19.2. The number of hydrogen-bond donors (Lipinski definition) is 1. The molecular weight excluding hydrogens is 354 g/mol. The molecule has 0 amide bonds. The van der Waals surface area contributed by atoms with Crippen LogP contribution in [0.3, 0.4) is 0 Å². The first-order chi connectivity index (χ1) is 14.3. The number of ketones is 1. The molecule has 2 nitrogen and oxygen atoms in total. The van der Waals surface area contributed by atoms with E-state index in [1.807, 2.05) is 36.4 Å². The molecule has 4 rings (SSSR count). The van der Waals surface area contributed by atoms with Gasteiger partial charge in [0, 0.05) is 34.5 Å². The Morgan fingerprint density at radius 1 is 0.862 bits per heavy atom. The molecule has 0 spiro atoms. The van der Waals surface area contributed by atoms with E-state index in [-0.39, 0.29) is 11.7 Å². The molecule has 1 N–H and O–H groups in total. The second kappa shape index (κ2) is 8.91. The molecule has 1 aromatic heterocycles. The molecule has 4 aromatic rings. The lowest BCUT2D eigenvalue weighted by molar-refractivity contribution is 0.0977. The number of H-pyrrole nitrogens is 1. The van der Waals surface area contributed by atoms with Gasteiger partial charge in [-0.2, -0.15) is 0 Å². The zero-order chi connectivity index (χ0) is 20.1. The summed E-state index contributed by atoms with van der Waals surface area (Å²) in [6.07, 6.45) is 3.75. The standard InChI is InChI=1S/C27H27NO/c1-2-3-17-25-27(22-16-10-11-18-24(22)28-25)23(20-12-6-4-7-13-20)19-26(29)21-14-8-5-9-15-21/h4-16,18,23,28H,2-3,17,19H2,1H3. The third-order valence-corrected chi connectivity index (χ3v) is 5.64. The van der Waals surface area contributed by atoms with Crippen LogP contribution in [-0.4, -0.2) is 10.8 Å². The van der Waals surface area contributed by atoms with Crippen LogP contribution in [0.15, 0.2) is 84.9 Å². The Hall–Kier alpha value is -3.13. The van der Waals surface area contributed by atoms with Crippen molar-refractivity contribution in [2.45, 2.75) is 38.5 Å². The Morgan fingerprint density at radius 2 is 1.52 bits per heavy atom. The van der Waals surface area contributed by atoms with Crippen LogP contribution in [-0.2, 0) is 6.42 Å². The van der Waals surface area contributed by atoms with Crippen molar-refractivity contribution in [2.24, 2.45) is 0 Å². The molecule has 29 heavy (non-hydrogen) atoms. The molecule has 0 saturated carbocycles. The molecule has 0 aliphatic heterocycles. The van der Waals surface area contributed by atoms with Gasteiger partial charge in [0.1, 0.15) is 0 Å². The second-order valence-corrected chi connectivity index (χ2v) is 7.62. The Bertz CT molecular complexity index is 1080. The Morgan fingerprint density at radius 3 is 2.24 bits per heavy atom. The number of unbranched alkanes of at least 4 members (excludes halogenated alkanes) is 1. The molecule has 0 saturated heterocycles. The number of nitrogens with one attached hydrogen (secondary N) is 1. The van der Waals surface area contributed by atoms with Crippen LogP contribution < -0.4 is 0 Å². The van der Waals surface area contributed by atoms with E-state index in [0.717, 1.165) is 30.3 Å². The van der Waals surface area contributed by atoms with Crippen LogP contribution in [0.25, 0.3) is 10.9 Å². The molecule has 3 aromatic carbocycles. The number of carbonyl (C=O) groups excluding carboxylic acids is 1. The van der Waals surface area contributed by atoms with Crippen molar-refractivity contribution in [1.82, 2.24) is 4.98 Å². The minimum Gasteiger partial charge on any atom is -0.358 e. The largest absolute Gasteiger partial charge is 0.358 e. The van der Waals surface area contributed by atoms with Crippen molar-refractivity contribution < 1.29 is 4.79 Å². The number of aryl methyl sites for hydroxylation is 1. The van der Waals surface area contributed by atoms with Gasteiger partial charge in [0.25, 0.3) is 0 Å². The number of para-hydroxylation sites is 1. The average molecular weight is 382 g/mol. The minimum atomic E-state index is 0.0342. The second-order valence-electron chi connectivity index (χ2n) is 7.62. The van der Waals surface area contributed by atoms with E-state index >= 15 is 0 Å². The third kappa shape index (κ3) is 4.17. The number of fused-ring (bicyclic) bond motifs is 1. The highest BCUT2D eigenvalue weighted by Gasteiger charge is 2.25. The van der Waals surface area contributed by atoms with Gasteiger partial charge in [0.05, 0.1) is 0 Å². The number of Topliss-reactive ketones (excluding diaryl/α,β-unsaturated/α-hetero) is 1. The number of aromatic amines is 1. The zero-order valence-corrected chi connectivity index (χ0v) is 16.9. The lowest BCUT2D eigenvalue weighted by Gasteiger charge is -2.19. The van der Waals surface area contributed by atoms with Gasteiger partial charge >= 0.3 is 0 Å². The van der Waals surface area contributed by atoms with Crippen molar-refractivity contribution in [2.75, 3.05) is 0 Å². The van der Waals surface area contributed by atoms with E-state index < -0.39 is 0 Å². The average Bonchev–Trinajstić information content (AvgIpc) is 3.15. The summed E-state index contributed by atoms with van der Waals surface area (Å²) in [4.78, 5) is 16.8. The van der Waals surface area contributed by atoms with E-state index in [1.165, 1.54) is 22.2 Å². The third-order valence-electron chi connectivity index (χ3n) is 5.64. The fourth-order valence-corrected chi connectivity index (χ4v) is 4.17. The van der Waals surface area contributed by atoms with Crippen molar-refractivity contribution in [1.29, 1.82) is 0 Å². The quantitative estimate of drug-likeness (QED) is 0.330. The van der Waals surface area contributed by atoms with E-state index in [0.29, 0.717) is 6.42 Å². The summed E-state index contributed by atoms with van der Waals surface area (Å²) in [5, 5.41) is 1.23. The summed E-state index contributed by atoms with van der Waals surface area (Å²) < 4.78 is 0. The van der Waals surface area contributed by atoms with Gasteiger partial charge in [-0.25, -0.2) is 0 Å². The number of hydrogen-bond acceptors (Lipinski definition) is 1. The summed E-state index contributed by atoms with van der Waals surface area (Å²) in [6, 6.07) is 28.6. The molecule has 1 heterocycles. The van der Waals surface area contributed by atoms with Crippen molar-refractivity contribution in [3.63, 3.8) is 0 Å². The Labute approximate surface area is 172 Å². The maximum Gasteiger partial charge on any atom is 0.163 e. The van der Waals surface area contributed by atoms with Crippen LogP contribution in [0.4, 0.5) is 0 Å². The summed E-state index contributed by atoms with van der Waals surface area (Å²) in [5.74, 6) is 0.220. The predicted octanol–water partition coefficient (Wildman–Crippen LogP) is 6.92. The van der Waals surface area contributed by atoms with E-state index in [9.17, 15) is 4.79 Å². The normalized spacial score (nSPS) is 12.2. The first-order valence-corrected chi connectivity index (χ1v) is 10.5. The molecule has 2 heteroatoms. The van der Waals surface area contributed by atoms with E-state index in [1.54, 1.807) is 0 Å². The maximum atomic E-state index is 13.2.